The first-order chi connectivity index (χ1) is 5.86. The van der Waals surface area contributed by atoms with Crippen molar-refractivity contribution in [1.82, 2.24) is 4.98 Å². The Morgan fingerprint density at radius 1 is 1.58 bits per heavy atom. The van der Waals surface area contributed by atoms with Crippen LogP contribution in [0.5, 0.6) is 5.88 Å². The summed E-state index contributed by atoms with van der Waals surface area (Å²) in [4.78, 5) is 4.08. The molecular formula is C9H10N2O. The third kappa shape index (κ3) is 2.26. The van der Waals surface area contributed by atoms with Gasteiger partial charge in [0, 0.05) is 6.07 Å². The fourth-order valence-corrected chi connectivity index (χ4v) is 0.740. The average molecular weight is 162 g/mol. The first-order valence-corrected chi connectivity index (χ1v) is 3.57. The summed E-state index contributed by atoms with van der Waals surface area (Å²) in [5.74, 6) is 6.10. The van der Waals surface area contributed by atoms with Crippen LogP contribution in [0.4, 0.5) is 0 Å². The van der Waals surface area contributed by atoms with Crippen LogP contribution in [-0.2, 0) is 0 Å². The van der Waals surface area contributed by atoms with Gasteiger partial charge in [-0.05, 0) is 12.0 Å². The maximum Gasteiger partial charge on any atom is 0.214 e. The zero-order valence-electron chi connectivity index (χ0n) is 6.87. The second-order valence-electron chi connectivity index (χ2n) is 2.07. The second kappa shape index (κ2) is 4.37. The number of nitrogens with zero attached hydrogens (tertiary/aromatic N) is 1. The molecule has 0 fully saturated rings. The van der Waals surface area contributed by atoms with Crippen LogP contribution in [0.3, 0.4) is 0 Å². The van der Waals surface area contributed by atoms with Crippen molar-refractivity contribution < 1.29 is 4.74 Å². The van der Waals surface area contributed by atoms with E-state index in [0.717, 1.165) is 0 Å². The molecule has 0 aromatic carbocycles. The van der Waals surface area contributed by atoms with Crippen molar-refractivity contribution in [3.05, 3.63) is 23.9 Å². The molecule has 2 N–H and O–H groups in total. The van der Waals surface area contributed by atoms with Crippen molar-refractivity contribution in [2.75, 3.05) is 13.7 Å². The van der Waals surface area contributed by atoms with Crippen LogP contribution in [0.1, 0.15) is 5.69 Å². The van der Waals surface area contributed by atoms with E-state index in [1.165, 1.54) is 0 Å². The summed E-state index contributed by atoms with van der Waals surface area (Å²) < 4.78 is 4.92. The normalized spacial score (nSPS) is 8.50. The molecule has 0 spiro atoms. The molecule has 1 aromatic rings. The van der Waals surface area contributed by atoms with Crippen molar-refractivity contribution in [3.63, 3.8) is 0 Å². The van der Waals surface area contributed by atoms with E-state index < -0.39 is 0 Å². The lowest BCUT2D eigenvalue weighted by molar-refractivity contribution is 0.397. The van der Waals surface area contributed by atoms with Crippen molar-refractivity contribution >= 4 is 0 Å². The summed E-state index contributed by atoms with van der Waals surface area (Å²) in [7, 11) is 1.57. The number of rotatable bonds is 1. The Labute approximate surface area is 71.6 Å². The highest BCUT2D eigenvalue weighted by molar-refractivity contribution is 5.30. The molecular weight excluding hydrogens is 152 g/mol. The Morgan fingerprint density at radius 2 is 2.42 bits per heavy atom. The summed E-state index contributed by atoms with van der Waals surface area (Å²) >= 11 is 0. The Morgan fingerprint density at radius 3 is 3.08 bits per heavy atom. The molecule has 0 bridgehead atoms. The molecule has 3 heteroatoms. The van der Waals surface area contributed by atoms with Crippen LogP contribution in [0.25, 0.3) is 0 Å². The Hall–Kier alpha value is -1.53. The number of hydrogen-bond acceptors (Lipinski definition) is 3. The number of ether oxygens (including phenoxy) is 1. The SMILES string of the molecule is COc1cccc(C#CCN)n1. The summed E-state index contributed by atoms with van der Waals surface area (Å²) in [6, 6.07) is 5.42. The molecule has 0 atom stereocenters. The smallest absolute Gasteiger partial charge is 0.214 e. The van der Waals surface area contributed by atoms with E-state index in [-0.39, 0.29) is 0 Å². The molecule has 12 heavy (non-hydrogen) atoms. The molecule has 62 valence electrons. The van der Waals surface area contributed by atoms with E-state index in [4.69, 9.17) is 10.5 Å². The minimum absolute atomic E-state index is 0.346. The van der Waals surface area contributed by atoms with Crippen molar-refractivity contribution in [3.8, 4) is 17.7 Å². The van der Waals surface area contributed by atoms with Crippen molar-refractivity contribution in [2.24, 2.45) is 5.73 Å². The fourth-order valence-electron chi connectivity index (χ4n) is 0.740. The summed E-state index contributed by atoms with van der Waals surface area (Å²) in [6.45, 7) is 0.346. The molecule has 1 rings (SSSR count). The van der Waals surface area contributed by atoms with E-state index in [0.29, 0.717) is 18.1 Å². The zero-order valence-corrected chi connectivity index (χ0v) is 6.87. The van der Waals surface area contributed by atoms with Crippen LogP contribution in [0, 0.1) is 11.8 Å². The predicted molar refractivity (Wildman–Crippen MR) is 46.7 cm³/mol. The zero-order chi connectivity index (χ0) is 8.81. The van der Waals surface area contributed by atoms with Crippen molar-refractivity contribution in [2.45, 2.75) is 0 Å². The summed E-state index contributed by atoms with van der Waals surface area (Å²) in [6.07, 6.45) is 0. The van der Waals surface area contributed by atoms with Crippen LogP contribution in [-0.4, -0.2) is 18.6 Å². The third-order valence-electron chi connectivity index (χ3n) is 1.25. The van der Waals surface area contributed by atoms with E-state index in [1.54, 1.807) is 13.2 Å². The maximum atomic E-state index is 5.21. The standard InChI is InChI=1S/C9H10N2O/c1-12-9-6-2-4-8(11-9)5-3-7-10/h2,4,6H,7,10H2,1H3. The molecule has 0 radical (unpaired) electrons. The Kier molecular flexibility index (Phi) is 3.12. The molecule has 0 aliphatic carbocycles. The lowest BCUT2D eigenvalue weighted by atomic mass is 10.3. The quantitative estimate of drug-likeness (QED) is 0.608. The van der Waals surface area contributed by atoms with Gasteiger partial charge in [-0.2, -0.15) is 0 Å². The number of aromatic nitrogens is 1. The van der Waals surface area contributed by atoms with E-state index in [9.17, 15) is 0 Å². The number of hydrogen-bond donors (Lipinski definition) is 1. The van der Waals surface area contributed by atoms with Crippen molar-refractivity contribution in [1.29, 1.82) is 0 Å². The van der Waals surface area contributed by atoms with Crippen LogP contribution in [0.2, 0.25) is 0 Å². The van der Waals surface area contributed by atoms with Gasteiger partial charge in [-0.3, -0.25) is 0 Å². The first kappa shape index (κ1) is 8.57. The highest BCUT2D eigenvalue weighted by Gasteiger charge is 1.91. The molecule has 1 heterocycles. The van der Waals surface area contributed by atoms with Gasteiger partial charge >= 0.3 is 0 Å². The highest BCUT2D eigenvalue weighted by Crippen LogP contribution is 2.04. The molecule has 0 saturated carbocycles. The van der Waals surface area contributed by atoms with Crippen LogP contribution in [0.15, 0.2) is 18.2 Å². The van der Waals surface area contributed by atoms with Gasteiger partial charge in [0.2, 0.25) is 5.88 Å². The summed E-state index contributed by atoms with van der Waals surface area (Å²) in [5.41, 5.74) is 5.89. The lowest BCUT2D eigenvalue weighted by Gasteiger charge is -1.96. The average Bonchev–Trinajstić information content (AvgIpc) is 2.15. The molecule has 1 aromatic heterocycles. The topological polar surface area (TPSA) is 48.1 Å². The minimum Gasteiger partial charge on any atom is -0.481 e. The first-order valence-electron chi connectivity index (χ1n) is 3.57. The minimum atomic E-state index is 0.346. The molecule has 0 saturated heterocycles. The number of methoxy groups -OCH3 is 1. The second-order valence-corrected chi connectivity index (χ2v) is 2.07. The van der Waals surface area contributed by atoms with E-state index in [2.05, 4.69) is 16.8 Å². The third-order valence-corrected chi connectivity index (χ3v) is 1.25. The predicted octanol–water partition coefficient (Wildman–Crippen LogP) is 0.400. The van der Waals surface area contributed by atoms with Gasteiger partial charge in [0.25, 0.3) is 0 Å². The molecule has 0 unspecified atom stereocenters. The van der Waals surface area contributed by atoms with Gasteiger partial charge in [0.15, 0.2) is 0 Å². The monoisotopic (exact) mass is 162 g/mol. The van der Waals surface area contributed by atoms with Gasteiger partial charge < -0.3 is 10.5 Å². The fraction of sp³-hybridized carbons (Fsp3) is 0.222. The Balaban J connectivity index is 2.86. The number of pyridine rings is 1. The molecule has 0 amide bonds. The van der Waals surface area contributed by atoms with Crippen LogP contribution < -0.4 is 10.5 Å². The van der Waals surface area contributed by atoms with Gasteiger partial charge in [-0.15, -0.1) is 0 Å². The lowest BCUT2D eigenvalue weighted by Crippen LogP contribution is -1.94. The number of nitrogens with two attached hydrogens (primary N) is 1. The molecule has 0 aliphatic rings. The molecule has 0 aliphatic heterocycles. The molecule has 3 nitrogen and oxygen atoms in total. The summed E-state index contributed by atoms with van der Waals surface area (Å²) in [5, 5.41) is 0. The highest BCUT2D eigenvalue weighted by atomic mass is 16.5. The van der Waals surface area contributed by atoms with E-state index in [1.807, 2.05) is 12.1 Å². The largest absolute Gasteiger partial charge is 0.481 e. The van der Waals surface area contributed by atoms with E-state index >= 15 is 0 Å². The van der Waals surface area contributed by atoms with Gasteiger partial charge in [0.1, 0.15) is 5.69 Å². The van der Waals surface area contributed by atoms with Gasteiger partial charge in [0.05, 0.1) is 13.7 Å². The van der Waals surface area contributed by atoms with Gasteiger partial charge in [-0.25, -0.2) is 4.98 Å². The maximum absolute atomic E-state index is 5.21. The Bertz CT molecular complexity index is 312. The van der Waals surface area contributed by atoms with Crippen LogP contribution >= 0.6 is 0 Å². The van der Waals surface area contributed by atoms with Gasteiger partial charge in [-0.1, -0.05) is 12.0 Å².